The van der Waals surface area contributed by atoms with Gasteiger partial charge in [-0.05, 0) is 37.1 Å². The Morgan fingerprint density at radius 2 is 1.78 bits per heavy atom. The van der Waals surface area contributed by atoms with E-state index in [1.165, 1.54) is 6.07 Å². The molecule has 0 aromatic heterocycles. The molecule has 2 N–H and O–H groups in total. The SMILES string of the molecule is OC1(c2ccccc2CC(F)(F)F)CCNCC1. The lowest BCUT2D eigenvalue weighted by molar-refractivity contribution is -0.127. The molecular formula is C13H16F3NO. The maximum Gasteiger partial charge on any atom is 0.393 e. The van der Waals surface area contributed by atoms with Crippen molar-refractivity contribution in [2.45, 2.75) is 31.0 Å². The summed E-state index contributed by atoms with van der Waals surface area (Å²) in [6.45, 7) is 1.24. The lowest BCUT2D eigenvalue weighted by atomic mass is 9.82. The average Bonchev–Trinajstić information content (AvgIpc) is 2.28. The van der Waals surface area contributed by atoms with Crippen molar-refractivity contribution in [1.82, 2.24) is 5.32 Å². The molecule has 2 rings (SSSR count). The quantitative estimate of drug-likeness (QED) is 0.854. The van der Waals surface area contributed by atoms with Crippen molar-refractivity contribution in [3.05, 3.63) is 35.4 Å². The summed E-state index contributed by atoms with van der Waals surface area (Å²) < 4.78 is 37.6. The van der Waals surface area contributed by atoms with E-state index < -0.39 is 18.2 Å². The predicted octanol–water partition coefficient (Wildman–Crippen LogP) is 2.36. The van der Waals surface area contributed by atoms with Crippen LogP contribution in [0.2, 0.25) is 0 Å². The maximum atomic E-state index is 12.5. The highest BCUT2D eigenvalue weighted by atomic mass is 19.4. The molecule has 1 aromatic rings. The third-order valence-corrected chi connectivity index (χ3v) is 3.34. The highest BCUT2D eigenvalue weighted by molar-refractivity contribution is 5.33. The van der Waals surface area contributed by atoms with Crippen LogP contribution in [0.5, 0.6) is 0 Å². The van der Waals surface area contributed by atoms with Crippen LogP contribution in [-0.4, -0.2) is 24.4 Å². The second-order valence-corrected chi connectivity index (χ2v) is 4.73. The highest BCUT2D eigenvalue weighted by Crippen LogP contribution is 2.35. The van der Waals surface area contributed by atoms with Crippen LogP contribution in [0.1, 0.15) is 24.0 Å². The number of benzene rings is 1. The minimum Gasteiger partial charge on any atom is -0.385 e. The lowest BCUT2D eigenvalue weighted by Gasteiger charge is -2.34. The van der Waals surface area contributed by atoms with Crippen molar-refractivity contribution < 1.29 is 18.3 Å². The monoisotopic (exact) mass is 259 g/mol. The van der Waals surface area contributed by atoms with E-state index in [0.717, 1.165) is 0 Å². The maximum absolute atomic E-state index is 12.5. The molecule has 5 heteroatoms. The Balaban J connectivity index is 2.32. The van der Waals surface area contributed by atoms with Crippen LogP contribution >= 0.6 is 0 Å². The molecule has 0 amide bonds. The van der Waals surface area contributed by atoms with Crippen molar-refractivity contribution in [3.8, 4) is 0 Å². The van der Waals surface area contributed by atoms with Gasteiger partial charge in [0.25, 0.3) is 0 Å². The normalized spacial score (nSPS) is 19.8. The number of alkyl halides is 3. The summed E-state index contributed by atoms with van der Waals surface area (Å²) in [5.74, 6) is 0. The topological polar surface area (TPSA) is 32.3 Å². The molecule has 0 unspecified atom stereocenters. The minimum atomic E-state index is -4.25. The van der Waals surface area contributed by atoms with Crippen molar-refractivity contribution in [2.24, 2.45) is 0 Å². The third-order valence-electron chi connectivity index (χ3n) is 3.34. The van der Waals surface area contributed by atoms with Crippen molar-refractivity contribution in [2.75, 3.05) is 13.1 Å². The van der Waals surface area contributed by atoms with Crippen LogP contribution in [-0.2, 0) is 12.0 Å². The van der Waals surface area contributed by atoms with Crippen LogP contribution in [0, 0.1) is 0 Å². The summed E-state index contributed by atoms with van der Waals surface area (Å²) in [5, 5.41) is 13.6. The second kappa shape index (κ2) is 4.90. The number of nitrogens with one attached hydrogen (secondary N) is 1. The van der Waals surface area contributed by atoms with Gasteiger partial charge in [-0.1, -0.05) is 24.3 Å². The molecule has 100 valence electrons. The zero-order chi connectivity index (χ0) is 13.2. The Bertz CT molecular complexity index is 411. The molecule has 0 spiro atoms. The van der Waals surface area contributed by atoms with Crippen molar-refractivity contribution in [3.63, 3.8) is 0 Å². The standard InChI is InChI=1S/C13H16F3NO/c14-13(15,16)9-10-3-1-2-4-11(10)12(18)5-7-17-8-6-12/h1-4,17-18H,5-9H2. The number of halogens is 3. The van der Waals surface area contributed by atoms with Crippen molar-refractivity contribution >= 4 is 0 Å². The van der Waals surface area contributed by atoms with Crippen LogP contribution in [0.15, 0.2) is 24.3 Å². The molecule has 0 aliphatic carbocycles. The molecule has 0 saturated carbocycles. The van der Waals surface area contributed by atoms with Gasteiger partial charge in [-0.3, -0.25) is 0 Å². The van der Waals surface area contributed by atoms with Crippen LogP contribution in [0.4, 0.5) is 13.2 Å². The van der Waals surface area contributed by atoms with Gasteiger partial charge in [0.1, 0.15) is 0 Å². The number of aliphatic hydroxyl groups is 1. The number of rotatable bonds is 2. The van der Waals surface area contributed by atoms with Crippen LogP contribution < -0.4 is 5.32 Å². The molecule has 1 saturated heterocycles. The second-order valence-electron chi connectivity index (χ2n) is 4.73. The molecule has 0 bridgehead atoms. The molecule has 1 aromatic carbocycles. The fourth-order valence-electron chi connectivity index (χ4n) is 2.45. The summed E-state index contributed by atoms with van der Waals surface area (Å²) in [5.41, 5.74) is -0.536. The Morgan fingerprint density at radius 3 is 2.39 bits per heavy atom. The Morgan fingerprint density at radius 1 is 1.17 bits per heavy atom. The summed E-state index contributed by atoms with van der Waals surface area (Å²) in [6.07, 6.45) is -4.35. The van der Waals surface area contributed by atoms with E-state index in [0.29, 0.717) is 31.5 Å². The Labute approximate surface area is 104 Å². The van der Waals surface area contributed by atoms with E-state index in [-0.39, 0.29) is 5.56 Å². The molecular weight excluding hydrogens is 243 g/mol. The molecule has 1 aliphatic heterocycles. The van der Waals surface area contributed by atoms with E-state index in [9.17, 15) is 18.3 Å². The zero-order valence-corrected chi connectivity index (χ0v) is 9.93. The lowest BCUT2D eigenvalue weighted by Crippen LogP contribution is -2.40. The van der Waals surface area contributed by atoms with Gasteiger partial charge in [0, 0.05) is 0 Å². The van der Waals surface area contributed by atoms with Gasteiger partial charge in [0.15, 0.2) is 0 Å². The summed E-state index contributed by atoms with van der Waals surface area (Å²) in [7, 11) is 0. The van der Waals surface area contributed by atoms with E-state index in [2.05, 4.69) is 5.32 Å². The van der Waals surface area contributed by atoms with Gasteiger partial charge >= 0.3 is 6.18 Å². The molecule has 1 fully saturated rings. The largest absolute Gasteiger partial charge is 0.393 e. The van der Waals surface area contributed by atoms with Crippen LogP contribution in [0.3, 0.4) is 0 Å². The average molecular weight is 259 g/mol. The summed E-state index contributed by atoms with van der Waals surface area (Å²) in [6, 6.07) is 6.31. The van der Waals surface area contributed by atoms with E-state index in [1.54, 1.807) is 18.2 Å². The fraction of sp³-hybridized carbons (Fsp3) is 0.538. The molecule has 1 heterocycles. The highest BCUT2D eigenvalue weighted by Gasteiger charge is 2.36. The first-order valence-corrected chi connectivity index (χ1v) is 5.99. The molecule has 2 nitrogen and oxygen atoms in total. The summed E-state index contributed by atoms with van der Waals surface area (Å²) >= 11 is 0. The minimum absolute atomic E-state index is 0.175. The fourth-order valence-corrected chi connectivity index (χ4v) is 2.45. The third kappa shape index (κ3) is 3.03. The van der Waals surface area contributed by atoms with E-state index >= 15 is 0 Å². The first-order chi connectivity index (χ1) is 8.41. The van der Waals surface area contributed by atoms with Gasteiger partial charge in [-0.2, -0.15) is 13.2 Å². The van der Waals surface area contributed by atoms with Gasteiger partial charge in [-0.15, -0.1) is 0 Å². The van der Waals surface area contributed by atoms with E-state index in [1.807, 2.05) is 0 Å². The first-order valence-electron chi connectivity index (χ1n) is 5.99. The predicted molar refractivity (Wildman–Crippen MR) is 62.2 cm³/mol. The Hall–Kier alpha value is -1.07. The first kappa shape index (κ1) is 13.4. The molecule has 18 heavy (non-hydrogen) atoms. The van der Waals surface area contributed by atoms with Crippen molar-refractivity contribution in [1.29, 1.82) is 0 Å². The smallest absolute Gasteiger partial charge is 0.385 e. The Kier molecular flexibility index (Phi) is 3.64. The van der Waals surface area contributed by atoms with Gasteiger partial charge in [0.05, 0.1) is 12.0 Å². The van der Waals surface area contributed by atoms with Gasteiger partial charge < -0.3 is 10.4 Å². The molecule has 0 atom stereocenters. The number of hydrogen-bond donors (Lipinski definition) is 2. The molecule has 0 radical (unpaired) electrons. The number of hydrogen-bond acceptors (Lipinski definition) is 2. The van der Waals surface area contributed by atoms with Gasteiger partial charge in [0.2, 0.25) is 0 Å². The van der Waals surface area contributed by atoms with Gasteiger partial charge in [-0.25, -0.2) is 0 Å². The van der Waals surface area contributed by atoms with E-state index in [4.69, 9.17) is 0 Å². The zero-order valence-electron chi connectivity index (χ0n) is 9.93. The molecule has 1 aliphatic rings. The number of piperidine rings is 1. The van der Waals surface area contributed by atoms with Crippen LogP contribution in [0.25, 0.3) is 0 Å². The summed E-state index contributed by atoms with van der Waals surface area (Å²) in [4.78, 5) is 0.